The number of nitriles is 1. The lowest BCUT2D eigenvalue weighted by molar-refractivity contribution is 0.237. The van der Waals surface area contributed by atoms with Crippen LogP contribution < -0.4 is 5.32 Å². The van der Waals surface area contributed by atoms with Crippen LogP contribution in [-0.2, 0) is 0 Å². The third-order valence-electron chi connectivity index (χ3n) is 2.03. The Kier molecular flexibility index (Phi) is 6.56. The molecule has 0 heterocycles. The maximum Gasteiger partial charge on any atom is 0.0635 e. The lowest BCUT2D eigenvalue weighted by atomic mass is 9.88. The topological polar surface area (TPSA) is 56.0 Å². The molecule has 0 aliphatic rings. The molecular formula is C10H20N2O. The second kappa shape index (κ2) is 6.88. The quantitative estimate of drug-likeness (QED) is 0.586. The van der Waals surface area contributed by atoms with Crippen LogP contribution >= 0.6 is 0 Å². The van der Waals surface area contributed by atoms with Crippen LogP contribution in [-0.4, -0.2) is 24.8 Å². The molecule has 0 bridgehead atoms. The predicted molar refractivity (Wildman–Crippen MR) is 53.2 cm³/mol. The predicted octanol–water partition coefficient (Wildman–Crippen LogP) is 1.29. The molecular weight excluding hydrogens is 164 g/mol. The highest BCUT2D eigenvalue weighted by Crippen LogP contribution is 2.20. The van der Waals surface area contributed by atoms with Gasteiger partial charge in [-0.2, -0.15) is 5.26 Å². The zero-order valence-electron chi connectivity index (χ0n) is 8.64. The smallest absolute Gasteiger partial charge is 0.0635 e. The van der Waals surface area contributed by atoms with Crippen molar-refractivity contribution in [3.63, 3.8) is 0 Å². The summed E-state index contributed by atoms with van der Waals surface area (Å²) in [5, 5.41) is 20.2. The lowest BCUT2D eigenvalue weighted by Gasteiger charge is -2.24. The second-order valence-corrected chi connectivity index (χ2v) is 4.08. The third-order valence-corrected chi connectivity index (χ3v) is 2.03. The Morgan fingerprint density at radius 2 is 2.15 bits per heavy atom. The summed E-state index contributed by atoms with van der Waals surface area (Å²) in [6.45, 7) is 6.28. The summed E-state index contributed by atoms with van der Waals surface area (Å²) in [6, 6.07) is 2.09. The summed E-state index contributed by atoms with van der Waals surface area (Å²) in [5.41, 5.74) is 0.220. The number of nitrogens with zero attached hydrogens (tertiary/aromatic N) is 1. The Morgan fingerprint density at radius 3 is 2.69 bits per heavy atom. The van der Waals surface area contributed by atoms with Gasteiger partial charge in [-0.1, -0.05) is 13.8 Å². The maximum atomic E-state index is 8.68. The van der Waals surface area contributed by atoms with Crippen molar-refractivity contribution in [2.45, 2.75) is 33.1 Å². The molecule has 0 saturated carbocycles. The highest BCUT2D eigenvalue weighted by Gasteiger charge is 2.15. The van der Waals surface area contributed by atoms with E-state index in [0.717, 1.165) is 25.9 Å². The first-order valence-corrected chi connectivity index (χ1v) is 4.81. The largest absolute Gasteiger partial charge is 0.396 e. The molecule has 0 saturated heterocycles. The molecule has 3 heteroatoms. The molecule has 76 valence electrons. The van der Waals surface area contributed by atoms with E-state index in [2.05, 4.69) is 25.2 Å². The van der Waals surface area contributed by atoms with Crippen molar-refractivity contribution in [2.75, 3.05) is 19.7 Å². The normalized spacial score (nSPS) is 11.2. The molecule has 13 heavy (non-hydrogen) atoms. The zero-order valence-corrected chi connectivity index (χ0v) is 8.64. The van der Waals surface area contributed by atoms with Gasteiger partial charge in [-0.3, -0.25) is 0 Å². The summed E-state index contributed by atoms with van der Waals surface area (Å²) in [6.07, 6.45) is 2.44. The molecule has 0 aromatic rings. The van der Waals surface area contributed by atoms with E-state index < -0.39 is 0 Å². The number of aliphatic hydroxyl groups is 1. The lowest BCUT2D eigenvalue weighted by Crippen LogP contribution is -2.30. The van der Waals surface area contributed by atoms with E-state index in [1.165, 1.54) is 0 Å². The van der Waals surface area contributed by atoms with Gasteiger partial charge in [-0.15, -0.1) is 0 Å². The van der Waals surface area contributed by atoms with Crippen LogP contribution in [0.25, 0.3) is 0 Å². The van der Waals surface area contributed by atoms with Gasteiger partial charge in [-0.25, -0.2) is 0 Å². The van der Waals surface area contributed by atoms with Gasteiger partial charge >= 0.3 is 0 Å². The maximum absolute atomic E-state index is 8.68. The average molecular weight is 184 g/mol. The number of rotatable bonds is 7. The Morgan fingerprint density at radius 1 is 1.46 bits per heavy atom. The van der Waals surface area contributed by atoms with Crippen LogP contribution in [0.1, 0.15) is 33.1 Å². The molecule has 0 spiro atoms. The minimum Gasteiger partial charge on any atom is -0.396 e. The molecule has 0 aromatic carbocycles. The van der Waals surface area contributed by atoms with Crippen molar-refractivity contribution in [3.05, 3.63) is 0 Å². The Balaban J connectivity index is 3.45. The summed E-state index contributed by atoms with van der Waals surface area (Å²) in [7, 11) is 0. The molecule has 2 N–H and O–H groups in total. The molecule has 0 atom stereocenters. The van der Waals surface area contributed by atoms with Gasteiger partial charge in [-0.05, 0) is 18.3 Å². The average Bonchev–Trinajstić information content (AvgIpc) is 2.09. The number of aliphatic hydroxyl groups excluding tert-OH is 1. The molecule has 0 aliphatic heterocycles. The van der Waals surface area contributed by atoms with Crippen molar-refractivity contribution in [3.8, 4) is 6.07 Å². The first kappa shape index (κ1) is 12.4. The van der Waals surface area contributed by atoms with E-state index in [1.807, 2.05) is 0 Å². The SMILES string of the molecule is CC(C)(CCCO)CNCCC#N. The van der Waals surface area contributed by atoms with E-state index >= 15 is 0 Å². The highest BCUT2D eigenvalue weighted by atomic mass is 16.2. The minimum atomic E-state index is 0.220. The van der Waals surface area contributed by atoms with Crippen molar-refractivity contribution >= 4 is 0 Å². The van der Waals surface area contributed by atoms with Crippen LogP contribution in [0.2, 0.25) is 0 Å². The summed E-state index contributed by atoms with van der Waals surface area (Å²) in [4.78, 5) is 0. The van der Waals surface area contributed by atoms with Gasteiger partial charge < -0.3 is 10.4 Å². The van der Waals surface area contributed by atoms with Crippen molar-refractivity contribution in [2.24, 2.45) is 5.41 Å². The molecule has 0 radical (unpaired) electrons. The fourth-order valence-corrected chi connectivity index (χ4v) is 1.22. The minimum absolute atomic E-state index is 0.220. The summed E-state index contributed by atoms with van der Waals surface area (Å²) < 4.78 is 0. The molecule has 0 aliphatic carbocycles. The fourth-order valence-electron chi connectivity index (χ4n) is 1.22. The highest BCUT2D eigenvalue weighted by molar-refractivity contribution is 4.74. The van der Waals surface area contributed by atoms with Crippen molar-refractivity contribution in [1.82, 2.24) is 5.32 Å². The second-order valence-electron chi connectivity index (χ2n) is 4.08. The number of hydrogen-bond donors (Lipinski definition) is 2. The van der Waals surface area contributed by atoms with Crippen LogP contribution in [0.15, 0.2) is 0 Å². The van der Waals surface area contributed by atoms with Gasteiger partial charge in [0.05, 0.1) is 6.07 Å². The Bertz CT molecular complexity index is 161. The Labute approximate surface area is 80.8 Å². The monoisotopic (exact) mass is 184 g/mol. The summed E-state index contributed by atoms with van der Waals surface area (Å²) in [5.74, 6) is 0. The standard InChI is InChI=1S/C10H20N2O/c1-10(2,5-3-8-13)9-12-7-4-6-11/h12-13H,3-5,7-9H2,1-2H3. The first-order chi connectivity index (χ1) is 6.12. The van der Waals surface area contributed by atoms with Gasteiger partial charge in [0.25, 0.3) is 0 Å². The van der Waals surface area contributed by atoms with Crippen LogP contribution in [0.5, 0.6) is 0 Å². The van der Waals surface area contributed by atoms with Gasteiger partial charge in [0, 0.05) is 26.1 Å². The molecule has 0 unspecified atom stereocenters. The van der Waals surface area contributed by atoms with Crippen LogP contribution in [0, 0.1) is 16.7 Å². The van der Waals surface area contributed by atoms with E-state index in [-0.39, 0.29) is 12.0 Å². The molecule has 0 amide bonds. The van der Waals surface area contributed by atoms with Gasteiger partial charge in [0.2, 0.25) is 0 Å². The molecule has 3 nitrogen and oxygen atoms in total. The zero-order chi connectivity index (χ0) is 10.2. The summed E-state index contributed by atoms with van der Waals surface area (Å²) >= 11 is 0. The van der Waals surface area contributed by atoms with Crippen molar-refractivity contribution in [1.29, 1.82) is 5.26 Å². The van der Waals surface area contributed by atoms with Crippen LogP contribution in [0.4, 0.5) is 0 Å². The van der Waals surface area contributed by atoms with Crippen molar-refractivity contribution < 1.29 is 5.11 Å². The van der Waals surface area contributed by atoms with E-state index in [9.17, 15) is 0 Å². The van der Waals surface area contributed by atoms with E-state index in [4.69, 9.17) is 10.4 Å². The number of nitrogens with one attached hydrogen (secondary N) is 1. The molecule has 0 fully saturated rings. The third kappa shape index (κ3) is 7.76. The number of hydrogen-bond acceptors (Lipinski definition) is 3. The first-order valence-electron chi connectivity index (χ1n) is 4.81. The Hall–Kier alpha value is -0.590. The van der Waals surface area contributed by atoms with E-state index in [0.29, 0.717) is 6.42 Å². The molecule has 0 aromatic heterocycles. The molecule has 0 rings (SSSR count). The van der Waals surface area contributed by atoms with Gasteiger partial charge in [0.1, 0.15) is 0 Å². The fraction of sp³-hybridized carbons (Fsp3) is 0.900. The van der Waals surface area contributed by atoms with Crippen LogP contribution in [0.3, 0.4) is 0 Å². The van der Waals surface area contributed by atoms with E-state index in [1.54, 1.807) is 0 Å². The van der Waals surface area contributed by atoms with Gasteiger partial charge in [0.15, 0.2) is 0 Å².